The fourth-order valence-corrected chi connectivity index (χ4v) is 1.81. The van der Waals surface area contributed by atoms with Crippen molar-refractivity contribution < 1.29 is 4.52 Å². The molecule has 0 atom stereocenters. The van der Waals surface area contributed by atoms with E-state index in [0.717, 1.165) is 5.56 Å². The quantitative estimate of drug-likeness (QED) is 0.738. The lowest BCUT2D eigenvalue weighted by atomic mass is 10.0. The maximum Gasteiger partial charge on any atom is 0.198 e. The van der Waals surface area contributed by atoms with E-state index in [2.05, 4.69) is 20.6 Å². The van der Waals surface area contributed by atoms with Crippen LogP contribution in [0.15, 0.2) is 35.0 Å². The largest absolute Gasteiger partial charge is 0.380 e. The molecular weight excluding hydrogens is 254 g/mol. The number of aromatic nitrogens is 4. The molecule has 18 heavy (non-hydrogen) atoms. The maximum atomic E-state index is 5.85. The summed E-state index contributed by atoms with van der Waals surface area (Å²) in [6, 6.07) is 7.23. The average Bonchev–Trinajstić information content (AvgIpc) is 2.99. The topological polar surface area (TPSA) is 93.6 Å². The number of anilines is 1. The number of hydrogen-bond acceptors (Lipinski definition) is 5. The van der Waals surface area contributed by atoms with Crippen LogP contribution in [0.4, 0.5) is 5.82 Å². The van der Waals surface area contributed by atoms with Crippen LogP contribution in [0.25, 0.3) is 22.6 Å². The second-order valence-corrected chi connectivity index (χ2v) is 4.07. The number of nitrogens with zero attached hydrogens (tertiary/aromatic N) is 3. The Hall–Kier alpha value is -2.34. The van der Waals surface area contributed by atoms with Gasteiger partial charge in [-0.1, -0.05) is 28.9 Å². The molecule has 3 N–H and O–H groups in total. The van der Waals surface area contributed by atoms with Gasteiger partial charge in [-0.15, -0.1) is 0 Å². The Labute approximate surface area is 107 Å². The number of halogens is 1. The van der Waals surface area contributed by atoms with Crippen molar-refractivity contribution in [3.63, 3.8) is 0 Å². The first-order valence-electron chi connectivity index (χ1n) is 5.13. The molecule has 0 bridgehead atoms. The summed E-state index contributed by atoms with van der Waals surface area (Å²) >= 11 is 5.85. The third-order valence-electron chi connectivity index (χ3n) is 2.50. The predicted molar refractivity (Wildman–Crippen MR) is 66.7 cm³/mol. The van der Waals surface area contributed by atoms with Crippen molar-refractivity contribution in [1.82, 2.24) is 20.6 Å². The van der Waals surface area contributed by atoms with Gasteiger partial charge in [0.05, 0.1) is 11.8 Å². The molecule has 2 aromatic heterocycles. The van der Waals surface area contributed by atoms with Crippen LogP contribution in [0, 0.1) is 0 Å². The average molecular weight is 262 g/mol. The molecule has 0 spiro atoms. The van der Waals surface area contributed by atoms with Gasteiger partial charge in [0.2, 0.25) is 0 Å². The SMILES string of the molecule is Nc1noc(-c2cn[nH]n2)c1-c1ccc(Cl)cc1. The number of benzene rings is 1. The second-order valence-electron chi connectivity index (χ2n) is 3.63. The summed E-state index contributed by atoms with van der Waals surface area (Å²) in [5.41, 5.74) is 7.91. The van der Waals surface area contributed by atoms with E-state index >= 15 is 0 Å². The Morgan fingerprint density at radius 1 is 1.22 bits per heavy atom. The van der Waals surface area contributed by atoms with Gasteiger partial charge in [-0.2, -0.15) is 15.4 Å². The number of nitrogen functional groups attached to an aromatic ring is 1. The van der Waals surface area contributed by atoms with E-state index in [4.69, 9.17) is 21.9 Å². The molecular formula is C11H8ClN5O. The minimum atomic E-state index is 0.301. The standard InChI is InChI=1S/C11H8ClN5O/c12-7-3-1-6(2-4-7)9-10(18-16-11(9)13)8-5-14-17-15-8/h1-5H,(H2,13,16)(H,14,15,17). The summed E-state index contributed by atoms with van der Waals surface area (Å²) in [6.07, 6.45) is 1.54. The lowest BCUT2D eigenvalue weighted by Crippen LogP contribution is -1.88. The highest BCUT2D eigenvalue weighted by Gasteiger charge is 2.19. The molecule has 0 saturated carbocycles. The molecule has 7 heteroatoms. The summed E-state index contributed by atoms with van der Waals surface area (Å²) in [4.78, 5) is 0. The zero-order chi connectivity index (χ0) is 12.5. The van der Waals surface area contributed by atoms with Crippen molar-refractivity contribution in [2.75, 3.05) is 5.73 Å². The molecule has 1 aromatic carbocycles. The van der Waals surface area contributed by atoms with Crippen molar-refractivity contribution in [1.29, 1.82) is 0 Å². The molecule has 0 aliphatic rings. The van der Waals surface area contributed by atoms with E-state index < -0.39 is 0 Å². The number of hydrogen-bond donors (Lipinski definition) is 2. The molecule has 2 heterocycles. The van der Waals surface area contributed by atoms with Gasteiger partial charge in [0.15, 0.2) is 17.3 Å². The van der Waals surface area contributed by atoms with Gasteiger partial charge in [0, 0.05) is 5.02 Å². The van der Waals surface area contributed by atoms with E-state index in [9.17, 15) is 0 Å². The fraction of sp³-hybridized carbons (Fsp3) is 0. The molecule has 0 amide bonds. The van der Waals surface area contributed by atoms with Crippen molar-refractivity contribution in [2.24, 2.45) is 0 Å². The molecule has 90 valence electrons. The summed E-state index contributed by atoms with van der Waals surface area (Å²) in [5.74, 6) is 0.777. The third-order valence-corrected chi connectivity index (χ3v) is 2.75. The van der Waals surface area contributed by atoms with E-state index in [1.165, 1.54) is 0 Å². The van der Waals surface area contributed by atoms with Crippen molar-refractivity contribution >= 4 is 17.4 Å². The highest BCUT2D eigenvalue weighted by Crippen LogP contribution is 2.35. The van der Waals surface area contributed by atoms with Gasteiger partial charge < -0.3 is 10.3 Å². The van der Waals surface area contributed by atoms with Crippen molar-refractivity contribution in [3.8, 4) is 22.6 Å². The van der Waals surface area contributed by atoms with Crippen molar-refractivity contribution in [2.45, 2.75) is 0 Å². The Morgan fingerprint density at radius 3 is 2.67 bits per heavy atom. The molecule has 3 aromatic rings. The molecule has 6 nitrogen and oxygen atoms in total. The molecule has 0 aliphatic heterocycles. The lowest BCUT2D eigenvalue weighted by Gasteiger charge is -2.00. The van der Waals surface area contributed by atoms with Crippen LogP contribution >= 0.6 is 11.6 Å². The number of rotatable bonds is 2. The first kappa shape index (κ1) is 10.8. The third kappa shape index (κ3) is 1.72. The van der Waals surface area contributed by atoms with Gasteiger partial charge in [-0.25, -0.2) is 0 Å². The van der Waals surface area contributed by atoms with Crippen LogP contribution in [-0.4, -0.2) is 20.6 Å². The molecule has 0 aliphatic carbocycles. The maximum absolute atomic E-state index is 5.85. The van der Waals surface area contributed by atoms with Gasteiger partial charge in [-0.05, 0) is 17.7 Å². The molecule has 3 rings (SSSR count). The van der Waals surface area contributed by atoms with Crippen LogP contribution in [-0.2, 0) is 0 Å². The summed E-state index contributed by atoms with van der Waals surface area (Å²) < 4.78 is 5.19. The smallest absolute Gasteiger partial charge is 0.198 e. The highest BCUT2D eigenvalue weighted by atomic mass is 35.5. The number of nitrogens with two attached hydrogens (primary N) is 1. The highest BCUT2D eigenvalue weighted by molar-refractivity contribution is 6.30. The fourth-order valence-electron chi connectivity index (χ4n) is 1.68. The molecule has 0 saturated heterocycles. The Kier molecular flexibility index (Phi) is 2.49. The van der Waals surface area contributed by atoms with Gasteiger partial charge in [-0.3, -0.25) is 0 Å². The molecule has 0 radical (unpaired) electrons. The number of nitrogens with one attached hydrogen (secondary N) is 1. The lowest BCUT2D eigenvalue weighted by molar-refractivity contribution is 0.434. The van der Waals surface area contributed by atoms with Gasteiger partial charge in [0.1, 0.15) is 0 Å². The van der Waals surface area contributed by atoms with E-state index in [-0.39, 0.29) is 0 Å². The number of aromatic amines is 1. The van der Waals surface area contributed by atoms with Crippen LogP contribution < -0.4 is 5.73 Å². The van der Waals surface area contributed by atoms with E-state index in [1.807, 2.05) is 12.1 Å². The molecule has 0 fully saturated rings. The minimum absolute atomic E-state index is 0.301. The Morgan fingerprint density at radius 2 is 2.00 bits per heavy atom. The van der Waals surface area contributed by atoms with E-state index in [1.54, 1.807) is 18.3 Å². The first-order chi connectivity index (χ1) is 8.75. The predicted octanol–water partition coefficient (Wildman–Crippen LogP) is 2.36. The van der Waals surface area contributed by atoms with E-state index in [0.29, 0.717) is 27.9 Å². The van der Waals surface area contributed by atoms with Gasteiger partial charge >= 0.3 is 0 Å². The zero-order valence-corrected chi connectivity index (χ0v) is 9.85. The number of H-pyrrole nitrogens is 1. The summed E-state index contributed by atoms with van der Waals surface area (Å²) in [6.45, 7) is 0. The zero-order valence-electron chi connectivity index (χ0n) is 9.09. The normalized spacial score (nSPS) is 10.7. The van der Waals surface area contributed by atoms with Crippen LogP contribution in [0.1, 0.15) is 0 Å². The summed E-state index contributed by atoms with van der Waals surface area (Å²) in [5, 5.41) is 14.6. The van der Waals surface area contributed by atoms with Crippen LogP contribution in [0.5, 0.6) is 0 Å². The Bertz CT molecular complexity index is 659. The van der Waals surface area contributed by atoms with Crippen LogP contribution in [0.3, 0.4) is 0 Å². The van der Waals surface area contributed by atoms with Crippen LogP contribution in [0.2, 0.25) is 5.02 Å². The molecule has 0 unspecified atom stereocenters. The summed E-state index contributed by atoms with van der Waals surface area (Å²) in [7, 11) is 0. The first-order valence-corrected chi connectivity index (χ1v) is 5.50. The Balaban J connectivity index is 2.17. The minimum Gasteiger partial charge on any atom is -0.380 e. The monoisotopic (exact) mass is 261 g/mol. The van der Waals surface area contributed by atoms with Crippen molar-refractivity contribution in [3.05, 3.63) is 35.5 Å². The second kappa shape index (κ2) is 4.15. The van der Waals surface area contributed by atoms with Gasteiger partial charge in [0.25, 0.3) is 0 Å².